The first kappa shape index (κ1) is 13.9. The molecule has 0 aliphatic heterocycles. The number of hydrogen-bond donors (Lipinski definition) is 1. The zero-order valence-electron chi connectivity index (χ0n) is 11.7. The molecule has 0 bridgehead atoms. The number of halogens is 1. The van der Waals surface area contributed by atoms with E-state index < -0.39 is 0 Å². The van der Waals surface area contributed by atoms with Gasteiger partial charge in [0, 0.05) is 12.6 Å². The first-order valence-corrected chi connectivity index (χ1v) is 7.23. The molecule has 0 aromatic carbocycles. The Morgan fingerprint density at radius 1 is 1.56 bits per heavy atom. The van der Waals surface area contributed by atoms with Crippen LogP contribution >= 0.6 is 11.6 Å². The van der Waals surface area contributed by atoms with Crippen LogP contribution in [-0.2, 0) is 13.5 Å². The van der Waals surface area contributed by atoms with E-state index in [9.17, 15) is 0 Å². The summed E-state index contributed by atoms with van der Waals surface area (Å²) in [6.45, 7) is 5.13. The van der Waals surface area contributed by atoms with E-state index in [1.54, 1.807) is 4.68 Å². The van der Waals surface area contributed by atoms with Gasteiger partial charge in [-0.25, -0.2) is 0 Å². The molecular weight excluding hydrogens is 246 g/mol. The van der Waals surface area contributed by atoms with Gasteiger partial charge in [0.1, 0.15) is 5.15 Å². The van der Waals surface area contributed by atoms with E-state index in [0.717, 1.165) is 29.7 Å². The van der Waals surface area contributed by atoms with Gasteiger partial charge >= 0.3 is 0 Å². The zero-order chi connectivity index (χ0) is 13.3. The normalized spacial score (nSPS) is 28.6. The molecule has 2 rings (SSSR count). The second-order valence-corrected chi connectivity index (χ2v) is 6.42. The van der Waals surface area contributed by atoms with Crippen molar-refractivity contribution >= 4 is 11.6 Å². The first-order chi connectivity index (χ1) is 8.47. The van der Waals surface area contributed by atoms with Crippen LogP contribution in [0, 0.1) is 18.3 Å². The summed E-state index contributed by atoms with van der Waals surface area (Å²) >= 11 is 6.35. The van der Waals surface area contributed by atoms with Crippen molar-refractivity contribution in [3.63, 3.8) is 0 Å². The predicted octanol–water partition coefficient (Wildman–Crippen LogP) is 3.08. The molecule has 0 spiro atoms. The standard InChI is InChI=1S/C14H24ClN3/c1-10-5-4-6-14(7-10,9-16)8-12-11(2)17-18(3)13(12)15/h10H,4-9,16H2,1-3H3. The quantitative estimate of drug-likeness (QED) is 0.916. The zero-order valence-corrected chi connectivity index (χ0v) is 12.4. The molecule has 1 heterocycles. The van der Waals surface area contributed by atoms with Crippen LogP contribution in [0.2, 0.25) is 5.15 Å². The smallest absolute Gasteiger partial charge is 0.130 e. The van der Waals surface area contributed by atoms with Gasteiger partial charge in [-0.1, -0.05) is 31.4 Å². The Labute approximate surface area is 115 Å². The van der Waals surface area contributed by atoms with Crippen molar-refractivity contribution < 1.29 is 0 Å². The third kappa shape index (κ3) is 2.57. The summed E-state index contributed by atoms with van der Waals surface area (Å²) in [5.74, 6) is 0.776. The van der Waals surface area contributed by atoms with Crippen molar-refractivity contribution in [2.45, 2.75) is 46.0 Å². The van der Waals surface area contributed by atoms with E-state index in [1.807, 2.05) is 14.0 Å². The number of hydrogen-bond acceptors (Lipinski definition) is 2. The summed E-state index contributed by atoms with van der Waals surface area (Å²) in [5, 5.41) is 5.18. The minimum absolute atomic E-state index is 0.231. The molecule has 2 N–H and O–H groups in total. The van der Waals surface area contributed by atoms with Crippen LogP contribution in [0.4, 0.5) is 0 Å². The van der Waals surface area contributed by atoms with Crippen LogP contribution in [0.1, 0.15) is 43.9 Å². The van der Waals surface area contributed by atoms with Crippen LogP contribution < -0.4 is 5.73 Å². The number of aromatic nitrogens is 2. The lowest BCUT2D eigenvalue weighted by Crippen LogP contribution is -2.37. The predicted molar refractivity (Wildman–Crippen MR) is 75.8 cm³/mol. The Balaban J connectivity index is 2.24. The summed E-state index contributed by atoms with van der Waals surface area (Å²) in [7, 11) is 1.90. The highest BCUT2D eigenvalue weighted by atomic mass is 35.5. The molecule has 0 radical (unpaired) electrons. The molecule has 1 aliphatic rings. The van der Waals surface area contributed by atoms with Crippen LogP contribution in [0.25, 0.3) is 0 Å². The molecule has 2 unspecified atom stereocenters. The highest BCUT2D eigenvalue weighted by Crippen LogP contribution is 2.42. The second-order valence-electron chi connectivity index (χ2n) is 6.06. The van der Waals surface area contributed by atoms with Gasteiger partial charge < -0.3 is 5.73 Å². The summed E-state index contributed by atoms with van der Waals surface area (Å²) in [6.07, 6.45) is 6.04. The summed E-state index contributed by atoms with van der Waals surface area (Å²) in [4.78, 5) is 0. The van der Waals surface area contributed by atoms with Crippen molar-refractivity contribution in [3.05, 3.63) is 16.4 Å². The molecular formula is C14H24ClN3. The van der Waals surface area contributed by atoms with Crippen molar-refractivity contribution in [3.8, 4) is 0 Å². The van der Waals surface area contributed by atoms with Gasteiger partial charge in [-0.3, -0.25) is 4.68 Å². The Morgan fingerprint density at radius 2 is 2.28 bits per heavy atom. The Bertz CT molecular complexity index is 427. The monoisotopic (exact) mass is 269 g/mol. The molecule has 1 saturated carbocycles. The van der Waals surface area contributed by atoms with Crippen molar-refractivity contribution in [2.75, 3.05) is 6.54 Å². The summed E-state index contributed by atoms with van der Waals surface area (Å²) < 4.78 is 1.77. The van der Waals surface area contributed by atoms with Gasteiger partial charge in [-0.15, -0.1) is 0 Å². The molecule has 1 aliphatic carbocycles. The van der Waals surface area contributed by atoms with Crippen molar-refractivity contribution in [1.29, 1.82) is 0 Å². The van der Waals surface area contributed by atoms with E-state index in [-0.39, 0.29) is 5.41 Å². The first-order valence-electron chi connectivity index (χ1n) is 6.85. The van der Waals surface area contributed by atoms with E-state index in [0.29, 0.717) is 0 Å². The molecule has 3 nitrogen and oxygen atoms in total. The third-order valence-electron chi connectivity index (χ3n) is 4.44. The fraction of sp³-hybridized carbons (Fsp3) is 0.786. The fourth-order valence-corrected chi connectivity index (χ4v) is 3.68. The number of nitrogens with two attached hydrogens (primary N) is 1. The van der Waals surface area contributed by atoms with Crippen molar-refractivity contribution in [2.24, 2.45) is 24.1 Å². The molecule has 18 heavy (non-hydrogen) atoms. The van der Waals surface area contributed by atoms with Crippen LogP contribution in [0.5, 0.6) is 0 Å². The van der Waals surface area contributed by atoms with Gasteiger partial charge in [0.15, 0.2) is 0 Å². The minimum atomic E-state index is 0.231. The lowest BCUT2D eigenvalue weighted by Gasteiger charge is -2.39. The van der Waals surface area contributed by atoms with Gasteiger partial charge in [0.05, 0.1) is 5.69 Å². The Hall–Kier alpha value is -0.540. The van der Waals surface area contributed by atoms with E-state index >= 15 is 0 Å². The SMILES string of the molecule is Cc1nn(C)c(Cl)c1CC1(CN)CCCC(C)C1. The number of nitrogens with zero attached hydrogens (tertiary/aromatic N) is 2. The maximum absolute atomic E-state index is 6.35. The molecule has 102 valence electrons. The molecule has 1 aromatic heterocycles. The van der Waals surface area contributed by atoms with Gasteiger partial charge in [-0.2, -0.15) is 5.10 Å². The average Bonchev–Trinajstić information content (AvgIpc) is 2.56. The van der Waals surface area contributed by atoms with Gasteiger partial charge in [0.25, 0.3) is 0 Å². The van der Waals surface area contributed by atoms with Crippen molar-refractivity contribution in [1.82, 2.24) is 9.78 Å². The van der Waals surface area contributed by atoms with Crippen LogP contribution in [0.3, 0.4) is 0 Å². The summed E-state index contributed by atoms with van der Waals surface area (Å²) in [6, 6.07) is 0. The molecule has 0 saturated heterocycles. The van der Waals surface area contributed by atoms with E-state index in [1.165, 1.54) is 31.2 Å². The third-order valence-corrected chi connectivity index (χ3v) is 4.91. The molecule has 1 fully saturated rings. The fourth-order valence-electron chi connectivity index (χ4n) is 3.44. The van der Waals surface area contributed by atoms with E-state index in [2.05, 4.69) is 12.0 Å². The lowest BCUT2D eigenvalue weighted by molar-refractivity contribution is 0.153. The van der Waals surface area contributed by atoms with Crippen LogP contribution in [-0.4, -0.2) is 16.3 Å². The molecule has 0 amide bonds. The van der Waals surface area contributed by atoms with Crippen LogP contribution in [0.15, 0.2) is 0 Å². The largest absolute Gasteiger partial charge is 0.330 e. The number of rotatable bonds is 3. The molecule has 2 atom stereocenters. The average molecular weight is 270 g/mol. The second kappa shape index (κ2) is 5.22. The van der Waals surface area contributed by atoms with Gasteiger partial charge in [0.2, 0.25) is 0 Å². The maximum atomic E-state index is 6.35. The van der Waals surface area contributed by atoms with E-state index in [4.69, 9.17) is 17.3 Å². The minimum Gasteiger partial charge on any atom is -0.330 e. The Kier molecular flexibility index (Phi) is 4.02. The highest BCUT2D eigenvalue weighted by molar-refractivity contribution is 6.30. The highest BCUT2D eigenvalue weighted by Gasteiger charge is 2.35. The topological polar surface area (TPSA) is 43.8 Å². The Morgan fingerprint density at radius 3 is 2.78 bits per heavy atom. The van der Waals surface area contributed by atoms with Gasteiger partial charge in [-0.05, 0) is 44.1 Å². The number of aryl methyl sites for hydroxylation is 2. The summed E-state index contributed by atoms with van der Waals surface area (Å²) in [5.41, 5.74) is 8.56. The maximum Gasteiger partial charge on any atom is 0.130 e. The lowest BCUT2D eigenvalue weighted by atomic mass is 9.67. The molecule has 1 aromatic rings. The molecule has 4 heteroatoms.